The Hall–Kier alpha value is -1.06. The van der Waals surface area contributed by atoms with E-state index in [0.29, 0.717) is 32.6 Å². The Balaban J connectivity index is 1.93. The number of carbonyl (C=O) groups is 2. The van der Waals surface area contributed by atoms with Crippen LogP contribution in [-0.2, 0) is 9.59 Å². The summed E-state index contributed by atoms with van der Waals surface area (Å²) in [5.41, 5.74) is 0. The molecule has 2 amide bonds. The van der Waals surface area contributed by atoms with Crippen LogP contribution in [-0.4, -0.2) is 48.3 Å². The van der Waals surface area contributed by atoms with E-state index in [1.54, 1.807) is 4.90 Å². The van der Waals surface area contributed by atoms with Crippen LogP contribution in [0.15, 0.2) is 0 Å². The fraction of sp³-hybridized carbons (Fsp3) is 0.882. The maximum atomic E-state index is 12.0. The highest BCUT2D eigenvalue weighted by Gasteiger charge is 2.19. The maximum absolute atomic E-state index is 12.0. The number of nitrogens with zero attached hydrogens (tertiary/aromatic N) is 2. The van der Waals surface area contributed by atoms with Gasteiger partial charge in [0.25, 0.3) is 0 Å². The minimum absolute atomic E-state index is 0.267. The van der Waals surface area contributed by atoms with E-state index in [1.807, 2.05) is 4.90 Å². The number of piperazine rings is 1. The molecule has 21 heavy (non-hydrogen) atoms. The third kappa shape index (κ3) is 8.08. The van der Waals surface area contributed by atoms with Crippen LogP contribution in [0.4, 0.5) is 0 Å². The first-order valence-electron chi connectivity index (χ1n) is 8.75. The quantitative estimate of drug-likeness (QED) is 0.434. The zero-order valence-electron chi connectivity index (χ0n) is 13.7. The lowest BCUT2D eigenvalue weighted by Crippen LogP contribution is -2.48. The molecule has 0 aliphatic carbocycles. The highest BCUT2D eigenvalue weighted by Crippen LogP contribution is 2.11. The lowest BCUT2D eigenvalue weighted by atomic mass is 10.1. The molecule has 4 heteroatoms. The van der Waals surface area contributed by atoms with E-state index >= 15 is 0 Å². The van der Waals surface area contributed by atoms with Crippen molar-refractivity contribution in [3.8, 4) is 0 Å². The SMILES string of the molecule is CCCCCCCCCCCC(=O)N1CCN(C=O)CC1. The molecule has 122 valence electrons. The van der Waals surface area contributed by atoms with Gasteiger partial charge in [0.2, 0.25) is 12.3 Å². The molecule has 0 atom stereocenters. The summed E-state index contributed by atoms with van der Waals surface area (Å²) in [4.78, 5) is 26.3. The van der Waals surface area contributed by atoms with Gasteiger partial charge in [-0.1, -0.05) is 58.3 Å². The third-order valence-corrected chi connectivity index (χ3v) is 4.31. The first kappa shape index (κ1) is 18.0. The lowest BCUT2D eigenvalue weighted by molar-refractivity contribution is -0.135. The number of amides is 2. The van der Waals surface area contributed by atoms with Crippen molar-refractivity contribution in [2.75, 3.05) is 26.2 Å². The van der Waals surface area contributed by atoms with Crippen LogP contribution in [0.2, 0.25) is 0 Å². The van der Waals surface area contributed by atoms with Crippen molar-refractivity contribution in [1.82, 2.24) is 9.80 Å². The summed E-state index contributed by atoms with van der Waals surface area (Å²) in [5.74, 6) is 0.267. The third-order valence-electron chi connectivity index (χ3n) is 4.31. The summed E-state index contributed by atoms with van der Waals surface area (Å²) < 4.78 is 0. The number of carbonyl (C=O) groups excluding carboxylic acids is 2. The highest BCUT2D eigenvalue weighted by molar-refractivity contribution is 5.76. The normalized spacial score (nSPS) is 15.3. The number of unbranched alkanes of at least 4 members (excludes halogenated alkanes) is 8. The average molecular weight is 296 g/mol. The summed E-state index contributed by atoms with van der Waals surface area (Å²) in [6, 6.07) is 0. The minimum Gasteiger partial charge on any atom is -0.342 e. The molecule has 1 saturated heterocycles. The van der Waals surface area contributed by atoms with Gasteiger partial charge in [0.15, 0.2) is 0 Å². The van der Waals surface area contributed by atoms with Crippen LogP contribution in [0.1, 0.15) is 71.1 Å². The largest absolute Gasteiger partial charge is 0.342 e. The van der Waals surface area contributed by atoms with Crippen molar-refractivity contribution < 1.29 is 9.59 Å². The van der Waals surface area contributed by atoms with Gasteiger partial charge in [0.1, 0.15) is 0 Å². The molecule has 0 aromatic rings. The van der Waals surface area contributed by atoms with Gasteiger partial charge >= 0.3 is 0 Å². The summed E-state index contributed by atoms with van der Waals surface area (Å²) in [5, 5.41) is 0. The molecule has 1 fully saturated rings. The van der Waals surface area contributed by atoms with Gasteiger partial charge in [-0.25, -0.2) is 0 Å². The molecule has 0 N–H and O–H groups in total. The Morgan fingerprint density at radius 1 is 0.857 bits per heavy atom. The summed E-state index contributed by atoms with van der Waals surface area (Å²) in [6.07, 6.45) is 13.1. The van der Waals surface area contributed by atoms with Crippen molar-refractivity contribution in [3.05, 3.63) is 0 Å². The summed E-state index contributed by atoms with van der Waals surface area (Å²) in [7, 11) is 0. The molecule has 1 aliphatic heterocycles. The molecule has 0 unspecified atom stereocenters. The fourth-order valence-electron chi connectivity index (χ4n) is 2.82. The van der Waals surface area contributed by atoms with E-state index in [4.69, 9.17) is 0 Å². The topological polar surface area (TPSA) is 40.6 Å². The zero-order chi connectivity index (χ0) is 15.3. The molecule has 0 aromatic carbocycles. The lowest BCUT2D eigenvalue weighted by Gasteiger charge is -2.32. The summed E-state index contributed by atoms with van der Waals surface area (Å²) in [6.45, 7) is 5.03. The van der Waals surface area contributed by atoms with Crippen molar-refractivity contribution in [3.63, 3.8) is 0 Å². The van der Waals surface area contributed by atoms with Crippen LogP contribution in [0.5, 0.6) is 0 Å². The molecular formula is C17H32N2O2. The van der Waals surface area contributed by atoms with Crippen molar-refractivity contribution in [2.24, 2.45) is 0 Å². The average Bonchev–Trinajstić information content (AvgIpc) is 2.53. The maximum Gasteiger partial charge on any atom is 0.222 e. The Kier molecular flexibility index (Phi) is 9.92. The minimum atomic E-state index is 0.267. The van der Waals surface area contributed by atoms with Gasteiger partial charge in [0, 0.05) is 32.6 Å². The number of hydrogen-bond donors (Lipinski definition) is 0. The van der Waals surface area contributed by atoms with Crippen LogP contribution in [0.3, 0.4) is 0 Å². The Labute approximate surface area is 129 Å². The molecular weight excluding hydrogens is 264 g/mol. The molecule has 0 bridgehead atoms. The predicted molar refractivity (Wildman–Crippen MR) is 86.1 cm³/mol. The standard InChI is InChI=1S/C17H32N2O2/c1-2-3-4-5-6-7-8-9-10-11-17(21)19-14-12-18(16-20)13-15-19/h16H,2-15H2,1H3. The van der Waals surface area contributed by atoms with Crippen LogP contribution in [0, 0.1) is 0 Å². The van der Waals surface area contributed by atoms with E-state index in [-0.39, 0.29) is 5.91 Å². The molecule has 1 rings (SSSR count). The number of rotatable bonds is 11. The van der Waals surface area contributed by atoms with Crippen LogP contribution in [0.25, 0.3) is 0 Å². The van der Waals surface area contributed by atoms with Crippen molar-refractivity contribution in [1.29, 1.82) is 0 Å². The van der Waals surface area contributed by atoms with E-state index in [1.165, 1.54) is 51.4 Å². The highest BCUT2D eigenvalue weighted by atomic mass is 16.2. The molecule has 0 aromatic heterocycles. The Morgan fingerprint density at radius 3 is 1.90 bits per heavy atom. The van der Waals surface area contributed by atoms with E-state index in [0.717, 1.165) is 12.8 Å². The molecule has 1 aliphatic rings. The van der Waals surface area contributed by atoms with E-state index < -0.39 is 0 Å². The molecule has 0 saturated carbocycles. The van der Waals surface area contributed by atoms with Crippen LogP contribution < -0.4 is 0 Å². The second kappa shape index (κ2) is 11.6. The van der Waals surface area contributed by atoms with Crippen molar-refractivity contribution >= 4 is 12.3 Å². The zero-order valence-corrected chi connectivity index (χ0v) is 13.7. The molecule has 4 nitrogen and oxygen atoms in total. The molecule has 1 heterocycles. The second-order valence-corrected chi connectivity index (χ2v) is 6.10. The van der Waals surface area contributed by atoms with Gasteiger partial charge in [-0.3, -0.25) is 9.59 Å². The molecule has 0 radical (unpaired) electrons. The Bertz CT molecular complexity index is 287. The van der Waals surface area contributed by atoms with Crippen LogP contribution >= 0.6 is 0 Å². The Morgan fingerprint density at radius 2 is 1.38 bits per heavy atom. The van der Waals surface area contributed by atoms with Gasteiger partial charge in [-0.05, 0) is 6.42 Å². The van der Waals surface area contributed by atoms with Gasteiger partial charge in [-0.2, -0.15) is 0 Å². The smallest absolute Gasteiger partial charge is 0.222 e. The summed E-state index contributed by atoms with van der Waals surface area (Å²) >= 11 is 0. The van der Waals surface area contributed by atoms with Gasteiger partial charge < -0.3 is 9.80 Å². The van der Waals surface area contributed by atoms with Gasteiger partial charge in [-0.15, -0.1) is 0 Å². The number of hydrogen-bond acceptors (Lipinski definition) is 2. The van der Waals surface area contributed by atoms with Crippen molar-refractivity contribution in [2.45, 2.75) is 71.1 Å². The molecule has 0 spiro atoms. The first-order chi connectivity index (χ1) is 10.3. The first-order valence-corrected chi connectivity index (χ1v) is 8.75. The van der Waals surface area contributed by atoms with E-state index in [2.05, 4.69) is 6.92 Å². The second-order valence-electron chi connectivity index (χ2n) is 6.10. The fourth-order valence-corrected chi connectivity index (χ4v) is 2.82. The monoisotopic (exact) mass is 296 g/mol. The van der Waals surface area contributed by atoms with Gasteiger partial charge in [0.05, 0.1) is 0 Å². The predicted octanol–water partition coefficient (Wildman–Crippen LogP) is 3.21. The van der Waals surface area contributed by atoms with E-state index in [9.17, 15) is 9.59 Å².